The lowest BCUT2D eigenvalue weighted by molar-refractivity contribution is -0.143. The summed E-state index contributed by atoms with van der Waals surface area (Å²) in [7, 11) is 0. The number of ketones is 1. The molecule has 2 heterocycles. The number of primary amides is 1. The van der Waals surface area contributed by atoms with Crippen molar-refractivity contribution in [1.82, 2.24) is 4.98 Å². The van der Waals surface area contributed by atoms with E-state index in [2.05, 4.69) is 4.98 Å². The molecule has 1 aliphatic heterocycles. The SMILES string of the molecule is CCOC(=O)CCc1cc(COc2ccc3c(c2C)OC(c2ccc(C(N)=O)cc2)CC3=O)ccn1. The fourth-order valence-corrected chi connectivity index (χ4v) is 4.09. The molecule has 0 bridgehead atoms. The van der Waals surface area contributed by atoms with E-state index in [1.54, 1.807) is 49.5 Å². The molecule has 2 aromatic carbocycles. The number of carbonyl (C=O) groups is 3. The van der Waals surface area contributed by atoms with Gasteiger partial charge in [-0.25, -0.2) is 0 Å². The van der Waals surface area contributed by atoms with Crippen molar-refractivity contribution in [2.75, 3.05) is 6.61 Å². The molecule has 0 spiro atoms. The molecule has 186 valence electrons. The molecule has 3 aromatic rings. The van der Waals surface area contributed by atoms with Crippen molar-refractivity contribution < 1.29 is 28.6 Å². The standard InChI is InChI=1S/C28H28N2O6/c1-3-34-26(32)11-8-21-14-18(12-13-30-21)16-35-24-10-9-22-23(31)15-25(36-27(22)17(24)2)19-4-6-20(7-5-19)28(29)33/h4-7,9-10,12-14,25H,3,8,11,15-16H2,1-2H3,(H2,29,33). The summed E-state index contributed by atoms with van der Waals surface area (Å²) in [5.74, 6) is 0.330. The number of aromatic nitrogens is 1. The Morgan fingerprint density at radius 2 is 1.92 bits per heavy atom. The van der Waals surface area contributed by atoms with Crippen molar-refractivity contribution in [2.24, 2.45) is 5.73 Å². The summed E-state index contributed by atoms with van der Waals surface area (Å²) in [6, 6.07) is 14.0. The van der Waals surface area contributed by atoms with Gasteiger partial charge < -0.3 is 19.9 Å². The number of benzene rings is 2. The summed E-state index contributed by atoms with van der Waals surface area (Å²) in [6.45, 7) is 4.29. The second kappa shape index (κ2) is 11.0. The molecule has 0 saturated heterocycles. The van der Waals surface area contributed by atoms with Crippen LogP contribution in [-0.4, -0.2) is 29.3 Å². The van der Waals surface area contributed by atoms with Crippen LogP contribution in [0.1, 0.15) is 69.0 Å². The minimum absolute atomic E-state index is 0.0183. The van der Waals surface area contributed by atoms with Gasteiger partial charge in [-0.15, -0.1) is 0 Å². The summed E-state index contributed by atoms with van der Waals surface area (Å²) in [5, 5.41) is 0. The predicted molar refractivity (Wildman–Crippen MR) is 132 cm³/mol. The molecule has 1 aromatic heterocycles. The third-order valence-corrected chi connectivity index (χ3v) is 6.02. The Bertz CT molecular complexity index is 1290. The number of ether oxygens (including phenoxy) is 3. The van der Waals surface area contributed by atoms with Crippen LogP contribution in [0.4, 0.5) is 0 Å². The lowest BCUT2D eigenvalue weighted by Gasteiger charge is -2.27. The predicted octanol–water partition coefficient (Wildman–Crippen LogP) is 4.27. The van der Waals surface area contributed by atoms with Crippen LogP contribution < -0.4 is 15.2 Å². The summed E-state index contributed by atoms with van der Waals surface area (Å²) in [5.41, 5.74) is 9.45. The molecule has 1 atom stereocenters. The summed E-state index contributed by atoms with van der Waals surface area (Å²) < 4.78 is 17.3. The molecular formula is C28H28N2O6. The van der Waals surface area contributed by atoms with Crippen LogP contribution in [0.5, 0.6) is 11.5 Å². The molecule has 8 nitrogen and oxygen atoms in total. The zero-order chi connectivity index (χ0) is 25.7. The first-order chi connectivity index (χ1) is 17.4. The first kappa shape index (κ1) is 24.9. The number of hydrogen-bond donors (Lipinski definition) is 1. The van der Waals surface area contributed by atoms with Gasteiger partial charge in [0, 0.05) is 29.4 Å². The molecule has 8 heteroatoms. The van der Waals surface area contributed by atoms with E-state index >= 15 is 0 Å². The highest BCUT2D eigenvalue weighted by molar-refractivity contribution is 6.00. The quantitative estimate of drug-likeness (QED) is 0.447. The summed E-state index contributed by atoms with van der Waals surface area (Å²) in [6.07, 6.45) is 2.18. The number of hydrogen-bond acceptors (Lipinski definition) is 7. The van der Waals surface area contributed by atoms with Gasteiger partial charge in [0.1, 0.15) is 24.2 Å². The molecule has 1 aliphatic rings. The molecule has 1 unspecified atom stereocenters. The van der Waals surface area contributed by atoms with Gasteiger partial charge in [-0.05, 0) is 61.4 Å². The Morgan fingerprint density at radius 3 is 2.64 bits per heavy atom. The average Bonchev–Trinajstić information content (AvgIpc) is 2.88. The Kier molecular flexibility index (Phi) is 7.63. The monoisotopic (exact) mass is 488 g/mol. The van der Waals surface area contributed by atoms with Crippen LogP contribution in [-0.2, 0) is 22.6 Å². The number of amides is 1. The lowest BCUT2D eigenvalue weighted by atomic mass is 9.94. The first-order valence-electron chi connectivity index (χ1n) is 11.8. The third kappa shape index (κ3) is 5.71. The lowest BCUT2D eigenvalue weighted by Crippen LogP contribution is -2.21. The highest BCUT2D eigenvalue weighted by Gasteiger charge is 2.30. The van der Waals surface area contributed by atoms with Gasteiger partial charge in [-0.2, -0.15) is 0 Å². The maximum absolute atomic E-state index is 12.8. The maximum atomic E-state index is 12.8. The van der Waals surface area contributed by atoms with Crippen LogP contribution in [0.15, 0.2) is 54.7 Å². The molecular weight excluding hydrogens is 460 g/mol. The van der Waals surface area contributed by atoms with Gasteiger partial charge in [0.15, 0.2) is 5.78 Å². The zero-order valence-corrected chi connectivity index (χ0v) is 20.3. The van der Waals surface area contributed by atoms with Gasteiger partial charge in [-0.3, -0.25) is 19.4 Å². The Morgan fingerprint density at radius 1 is 1.14 bits per heavy atom. The van der Waals surface area contributed by atoms with E-state index in [9.17, 15) is 14.4 Å². The van der Waals surface area contributed by atoms with E-state index < -0.39 is 12.0 Å². The highest BCUT2D eigenvalue weighted by Crippen LogP contribution is 2.40. The molecule has 2 N–H and O–H groups in total. The number of aryl methyl sites for hydroxylation is 1. The Labute approximate surface area is 209 Å². The second-order valence-corrected chi connectivity index (χ2v) is 8.53. The zero-order valence-electron chi connectivity index (χ0n) is 20.3. The highest BCUT2D eigenvalue weighted by atomic mass is 16.5. The van der Waals surface area contributed by atoms with E-state index in [0.717, 1.165) is 22.4 Å². The molecule has 0 radical (unpaired) electrons. The van der Waals surface area contributed by atoms with E-state index in [1.165, 1.54) is 0 Å². The molecule has 1 amide bonds. The Hall–Kier alpha value is -4.20. The van der Waals surface area contributed by atoms with E-state index in [-0.39, 0.29) is 24.6 Å². The molecule has 4 rings (SSSR count). The molecule has 0 saturated carbocycles. The summed E-state index contributed by atoms with van der Waals surface area (Å²) in [4.78, 5) is 40.1. The second-order valence-electron chi connectivity index (χ2n) is 8.53. The van der Waals surface area contributed by atoms with Gasteiger partial charge in [-0.1, -0.05) is 12.1 Å². The van der Waals surface area contributed by atoms with Gasteiger partial charge in [0.2, 0.25) is 5.91 Å². The number of Topliss-reactive ketones (excluding diaryl/α,β-unsaturated/α-hetero) is 1. The number of esters is 1. The van der Waals surface area contributed by atoms with Crippen LogP contribution in [0.3, 0.4) is 0 Å². The number of carbonyl (C=O) groups excluding carboxylic acids is 3. The number of nitrogens with two attached hydrogens (primary N) is 1. The Balaban J connectivity index is 1.46. The van der Waals surface area contributed by atoms with Crippen molar-refractivity contribution in [3.8, 4) is 11.5 Å². The average molecular weight is 489 g/mol. The number of nitrogens with zero attached hydrogens (tertiary/aromatic N) is 1. The number of pyridine rings is 1. The van der Waals surface area contributed by atoms with E-state index in [0.29, 0.717) is 42.3 Å². The van der Waals surface area contributed by atoms with Crippen molar-refractivity contribution in [3.63, 3.8) is 0 Å². The van der Waals surface area contributed by atoms with Crippen molar-refractivity contribution in [2.45, 2.75) is 45.8 Å². The minimum atomic E-state index is -0.509. The number of rotatable bonds is 9. The van der Waals surface area contributed by atoms with Crippen LogP contribution in [0.25, 0.3) is 0 Å². The van der Waals surface area contributed by atoms with E-state index in [4.69, 9.17) is 19.9 Å². The molecule has 36 heavy (non-hydrogen) atoms. The fourth-order valence-electron chi connectivity index (χ4n) is 4.09. The van der Waals surface area contributed by atoms with Crippen LogP contribution in [0, 0.1) is 6.92 Å². The van der Waals surface area contributed by atoms with Crippen LogP contribution in [0.2, 0.25) is 0 Å². The number of fused-ring (bicyclic) bond motifs is 1. The summed E-state index contributed by atoms with van der Waals surface area (Å²) >= 11 is 0. The fraction of sp³-hybridized carbons (Fsp3) is 0.286. The minimum Gasteiger partial charge on any atom is -0.488 e. The van der Waals surface area contributed by atoms with Gasteiger partial charge in [0.25, 0.3) is 0 Å². The maximum Gasteiger partial charge on any atom is 0.306 e. The molecule has 0 aliphatic carbocycles. The molecule has 0 fully saturated rings. The van der Waals surface area contributed by atoms with Crippen molar-refractivity contribution >= 4 is 17.7 Å². The topological polar surface area (TPSA) is 118 Å². The largest absolute Gasteiger partial charge is 0.488 e. The van der Waals surface area contributed by atoms with Crippen molar-refractivity contribution in [1.29, 1.82) is 0 Å². The smallest absolute Gasteiger partial charge is 0.306 e. The van der Waals surface area contributed by atoms with Gasteiger partial charge in [0.05, 0.1) is 25.0 Å². The third-order valence-electron chi connectivity index (χ3n) is 6.02. The van der Waals surface area contributed by atoms with E-state index in [1.807, 2.05) is 19.1 Å². The van der Waals surface area contributed by atoms with Crippen LogP contribution >= 0.6 is 0 Å². The first-order valence-corrected chi connectivity index (χ1v) is 11.8. The van der Waals surface area contributed by atoms with Gasteiger partial charge >= 0.3 is 5.97 Å². The van der Waals surface area contributed by atoms with Crippen molar-refractivity contribution in [3.05, 3.63) is 88.2 Å². The normalized spacial score (nSPS) is 14.5.